The fourth-order valence-electron chi connectivity index (χ4n) is 2.62. The number of para-hydroxylation sites is 1. The third-order valence-corrected chi connectivity index (χ3v) is 4.03. The first kappa shape index (κ1) is 15.6. The maximum atomic E-state index is 6.37. The molecule has 2 aromatic rings. The maximum absolute atomic E-state index is 6.37. The number of anilines is 1. The average Bonchev–Trinajstić information content (AvgIpc) is 2.47. The predicted molar refractivity (Wildman–Crippen MR) is 91.9 cm³/mol. The number of hydrogen-bond donors (Lipinski definition) is 1. The molecule has 2 nitrogen and oxygen atoms in total. The van der Waals surface area contributed by atoms with E-state index in [4.69, 9.17) is 5.73 Å². The van der Waals surface area contributed by atoms with Crippen LogP contribution >= 0.6 is 0 Å². The van der Waals surface area contributed by atoms with Gasteiger partial charge in [0, 0.05) is 25.3 Å². The zero-order valence-corrected chi connectivity index (χ0v) is 13.5. The maximum Gasteiger partial charge on any atom is 0.0473 e. The van der Waals surface area contributed by atoms with Crippen LogP contribution in [0.3, 0.4) is 0 Å². The molecule has 2 rings (SSSR count). The van der Waals surface area contributed by atoms with Gasteiger partial charge >= 0.3 is 0 Å². The summed E-state index contributed by atoms with van der Waals surface area (Å²) in [7, 11) is 2.10. The molecule has 0 aliphatic heterocycles. The van der Waals surface area contributed by atoms with Gasteiger partial charge in [0.15, 0.2) is 0 Å². The molecule has 0 saturated carbocycles. The normalized spacial score (nSPS) is 12.5. The number of rotatable bonds is 5. The molecule has 0 amide bonds. The highest BCUT2D eigenvalue weighted by atomic mass is 15.1. The summed E-state index contributed by atoms with van der Waals surface area (Å²) in [5.41, 5.74) is 11.4. The third-order valence-electron chi connectivity index (χ3n) is 4.03. The Morgan fingerprint density at radius 2 is 1.52 bits per heavy atom. The molecule has 0 aromatic heterocycles. The first-order valence-corrected chi connectivity index (χ1v) is 7.61. The molecule has 2 aromatic carbocycles. The number of aryl methyl sites for hydroxylation is 1. The quantitative estimate of drug-likeness (QED) is 0.888. The van der Waals surface area contributed by atoms with Crippen molar-refractivity contribution in [3.8, 4) is 0 Å². The molecule has 0 fully saturated rings. The van der Waals surface area contributed by atoms with Crippen molar-refractivity contribution in [3.63, 3.8) is 0 Å². The molecule has 0 aliphatic rings. The summed E-state index contributed by atoms with van der Waals surface area (Å²) >= 11 is 0. The largest absolute Gasteiger partial charge is 0.372 e. The van der Waals surface area contributed by atoms with Gasteiger partial charge in [-0.1, -0.05) is 56.3 Å². The van der Waals surface area contributed by atoms with Gasteiger partial charge in [0.05, 0.1) is 0 Å². The van der Waals surface area contributed by atoms with Crippen LogP contribution in [0.1, 0.15) is 42.5 Å². The molecule has 0 bridgehead atoms. The minimum absolute atomic E-state index is 0.0239. The molecular weight excluding hydrogens is 256 g/mol. The summed E-state index contributed by atoms with van der Waals surface area (Å²) < 4.78 is 0. The van der Waals surface area contributed by atoms with Crippen molar-refractivity contribution in [2.45, 2.75) is 32.7 Å². The molecule has 1 atom stereocenters. The number of nitrogens with zero attached hydrogens (tertiary/aromatic N) is 1. The van der Waals surface area contributed by atoms with Crippen LogP contribution in [-0.2, 0) is 0 Å². The summed E-state index contributed by atoms with van der Waals surface area (Å²) in [6.07, 6.45) is 0. The van der Waals surface area contributed by atoms with E-state index in [0.717, 1.165) is 6.54 Å². The van der Waals surface area contributed by atoms with Gasteiger partial charge in [-0.25, -0.2) is 0 Å². The summed E-state index contributed by atoms with van der Waals surface area (Å²) in [6.45, 7) is 7.36. The van der Waals surface area contributed by atoms with Gasteiger partial charge in [-0.2, -0.15) is 0 Å². The lowest BCUT2D eigenvalue weighted by atomic mass is 9.99. The standard InChI is InChI=1S/C19H26N2/c1-14(2)16-9-11-17(12-10-16)18(20)13-21(4)19-8-6-5-7-15(19)3/h5-12,14,18H,13,20H2,1-4H3. The summed E-state index contributed by atoms with van der Waals surface area (Å²) in [4.78, 5) is 2.23. The van der Waals surface area contributed by atoms with Gasteiger partial charge in [-0.3, -0.25) is 0 Å². The second-order valence-electron chi connectivity index (χ2n) is 6.09. The highest BCUT2D eigenvalue weighted by Crippen LogP contribution is 2.22. The Hall–Kier alpha value is -1.80. The Balaban J connectivity index is 2.07. The lowest BCUT2D eigenvalue weighted by Crippen LogP contribution is -2.29. The van der Waals surface area contributed by atoms with Crippen LogP contribution in [-0.4, -0.2) is 13.6 Å². The van der Waals surface area contributed by atoms with Crippen LogP contribution in [0.2, 0.25) is 0 Å². The van der Waals surface area contributed by atoms with Crippen molar-refractivity contribution >= 4 is 5.69 Å². The van der Waals surface area contributed by atoms with Crippen molar-refractivity contribution in [1.29, 1.82) is 0 Å². The molecule has 0 spiro atoms. The van der Waals surface area contributed by atoms with Crippen LogP contribution < -0.4 is 10.6 Å². The van der Waals surface area contributed by atoms with Crippen molar-refractivity contribution in [2.24, 2.45) is 5.73 Å². The van der Waals surface area contributed by atoms with Crippen molar-refractivity contribution in [2.75, 3.05) is 18.5 Å². The molecule has 1 unspecified atom stereocenters. The van der Waals surface area contributed by atoms with Crippen LogP contribution in [0.5, 0.6) is 0 Å². The minimum atomic E-state index is 0.0239. The van der Waals surface area contributed by atoms with Crippen molar-refractivity contribution in [1.82, 2.24) is 0 Å². The van der Waals surface area contributed by atoms with Crippen LogP contribution in [0.15, 0.2) is 48.5 Å². The molecule has 2 heteroatoms. The summed E-state index contributed by atoms with van der Waals surface area (Å²) in [5.74, 6) is 0.560. The van der Waals surface area contributed by atoms with E-state index in [-0.39, 0.29) is 6.04 Å². The summed E-state index contributed by atoms with van der Waals surface area (Å²) in [6, 6.07) is 17.1. The molecule has 112 valence electrons. The molecular formula is C19H26N2. The van der Waals surface area contributed by atoms with Crippen LogP contribution in [0.4, 0.5) is 5.69 Å². The minimum Gasteiger partial charge on any atom is -0.372 e. The predicted octanol–water partition coefficient (Wildman–Crippen LogP) is 4.25. The second kappa shape index (κ2) is 6.77. The van der Waals surface area contributed by atoms with E-state index in [1.807, 2.05) is 0 Å². The van der Waals surface area contributed by atoms with E-state index < -0.39 is 0 Å². The fraction of sp³-hybridized carbons (Fsp3) is 0.368. The monoisotopic (exact) mass is 282 g/mol. The first-order valence-electron chi connectivity index (χ1n) is 7.61. The SMILES string of the molecule is Cc1ccccc1N(C)CC(N)c1ccc(C(C)C)cc1. The zero-order valence-electron chi connectivity index (χ0n) is 13.5. The van der Waals surface area contributed by atoms with E-state index in [0.29, 0.717) is 5.92 Å². The van der Waals surface area contributed by atoms with Crippen molar-refractivity contribution in [3.05, 3.63) is 65.2 Å². The summed E-state index contributed by atoms with van der Waals surface area (Å²) in [5, 5.41) is 0. The van der Waals surface area contributed by atoms with E-state index in [1.165, 1.54) is 22.4 Å². The van der Waals surface area contributed by atoms with Gasteiger partial charge in [-0.05, 0) is 35.6 Å². The molecule has 21 heavy (non-hydrogen) atoms. The van der Waals surface area contributed by atoms with Crippen LogP contribution in [0, 0.1) is 6.92 Å². The van der Waals surface area contributed by atoms with Gasteiger partial charge in [0.2, 0.25) is 0 Å². The van der Waals surface area contributed by atoms with Gasteiger partial charge in [0.25, 0.3) is 0 Å². The fourth-order valence-corrected chi connectivity index (χ4v) is 2.62. The van der Waals surface area contributed by atoms with Crippen molar-refractivity contribution < 1.29 is 0 Å². The highest BCUT2D eigenvalue weighted by Gasteiger charge is 2.11. The Bertz CT molecular complexity index is 572. The number of hydrogen-bond acceptors (Lipinski definition) is 2. The molecule has 0 saturated heterocycles. The Morgan fingerprint density at radius 1 is 0.952 bits per heavy atom. The van der Waals surface area contributed by atoms with Gasteiger partial charge in [0.1, 0.15) is 0 Å². The molecule has 2 N–H and O–H groups in total. The molecule has 0 radical (unpaired) electrons. The number of likely N-dealkylation sites (N-methyl/N-ethyl adjacent to an activating group) is 1. The van der Waals surface area contributed by atoms with E-state index >= 15 is 0 Å². The molecule has 0 heterocycles. The van der Waals surface area contributed by atoms with E-state index in [1.54, 1.807) is 0 Å². The van der Waals surface area contributed by atoms with E-state index in [9.17, 15) is 0 Å². The lowest BCUT2D eigenvalue weighted by Gasteiger charge is -2.25. The Morgan fingerprint density at radius 3 is 2.10 bits per heavy atom. The van der Waals surface area contributed by atoms with Crippen LogP contribution in [0.25, 0.3) is 0 Å². The molecule has 0 aliphatic carbocycles. The van der Waals surface area contributed by atoms with E-state index in [2.05, 4.69) is 81.2 Å². The first-order chi connectivity index (χ1) is 9.99. The Labute approximate surface area is 128 Å². The third kappa shape index (κ3) is 3.85. The lowest BCUT2D eigenvalue weighted by molar-refractivity contribution is 0.701. The second-order valence-corrected chi connectivity index (χ2v) is 6.09. The Kier molecular flexibility index (Phi) is 5.03. The number of nitrogens with two attached hydrogens (primary N) is 1. The topological polar surface area (TPSA) is 29.3 Å². The van der Waals surface area contributed by atoms with Gasteiger partial charge < -0.3 is 10.6 Å². The zero-order chi connectivity index (χ0) is 15.4. The number of benzene rings is 2. The van der Waals surface area contributed by atoms with Gasteiger partial charge in [-0.15, -0.1) is 0 Å². The smallest absolute Gasteiger partial charge is 0.0473 e. The highest BCUT2D eigenvalue weighted by molar-refractivity contribution is 5.52. The average molecular weight is 282 g/mol.